The Morgan fingerprint density at radius 3 is 2.90 bits per heavy atom. The predicted molar refractivity (Wildman–Crippen MR) is 78.3 cm³/mol. The van der Waals surface area contributed by atoms with E-state index >= 15 is 0 Å². The summed E-state index contributed by atoms with van der Waals surface area (Å²) >= 11 is 0. The Balaban J connectivity index is 1.78. The van der Waals surface area contributed by atoms with Gasteiger partial charge in [-0.1, -0.05) is 0 Å². The Morgan fingerprint density at radius 2 is 2.29 bits per heavy atom. The lowest BCUT2D eigenvalue weighted by molar-refractivity contribution is -0.385. The Morgan fingerprint density at radius 1 is 1.52 bits per heavy atom. The van der Waals surface area contributed by atoms with Crippen molar-refractivity contribution in [1.29, 1.82) is 0 Å². The van der Waals surface area contributed by atoms with Gasteiger partial charge in [0.15, 0.2) is 5.96 Å². The van der Waals surface area contributed by atoms with E-state index in [9.17, 15) is 10.1 Å². The number of hydrogen-bond donors (Lipinski definition) is 2. The van der Waals surface area contributed by atoms with Gasteiger partial charge in [0.25, 0.3) is 5.69 Å². The van der Waals surface area contributed by atoms with Crippen molar-refractivity contribution in [3.63, 3.8) is 0 Å². The molecule has 0 spiro atoms. The number of nitrogens with two attached hydrogens (primary N) is 1. The van der Waals surface area contributed by atoms with Crippen molar-refractivity contribution in [3.05, 3.63) is 28.4 Å². The van der Waals surface area contributed by atoms with E-state index in [1.165, 1.54) is 18.3 Å². The third-order valence-electron chi connectivity index (χ3n) is 3.02. The van der Waals surface area contributed by atoms with Crippen LogP contribution in [0.25, 0.3) is 0 Å². The highest BCUT2D eigenvalue weighted by Gasteiger charge is 2.09. The number of nitrogens with zero attached hydrogens (tertiary/aromatic N) is 4. The van der Waals surface area contributed by atoms with Gasteiger partial charge in [-0.2, -0.15) is 0 Å². The summed E-state index contributed by atoms with van der Waals surface area (Å²) in [7, 11) is 0. The van der Waals surface area contributed by atoms with E-state index in [1.807, 2.05) is 0 Å². The summed E-state index contributed by atoms with van der Waals surface area (Å²) in [5.41, 5.74) is 5.67. The average molecular weight is 294 g/mol. The summed E-state index contributed by atoms with van der Waals surface area (Å²) in [6, 6.07) is 2.85. The molecular weight excluding hydrogens is 276 g/mol. The Bertz CT molecular complexity index is 498. The summed E-state index contributed by atoms with van der Waals surface area (Å²) < 4.78 is 5.26. The van der Waals surface area contributed by atoms with Crippen LogP contribution in [0.15, 0.2) is 23.3 Å². The molecule has 0 amide bonds. The molecule has 2 rings (SSSR count). The molecule has 0 unspecified atom stereocenters. The number of nitrogens with one attached hydrogen (secondary N) is 1. The number of anilines is 1. The van der Waals surface area contributed by atoms with Gasteiger partial charge in [-0.3, -0.25) is 20.0 Å². The van der Waals surface area contributed by atoms with Gasteiger partial charge in [0.2, 0.25) is 0 Å². The first kappa shape index (κ1) is 15.1. The number of guanidine groups is 1. The summed E-state index contributed by atoms with van der Waals surface area (Å²) in [4.78, 5) is 20.4. The van der Waals surface area contributed by atoms with Crippen molar-refractivity contribution in [2.75, 3.05) is 44.7 Å². The van der Waals surface area contributed by atoms with Crippen LogP contribution < -0.4 is 11.1 Å². The van der Waals surface area contributed by atoms with Crippen LogP contribution in [0.5, 0.6) is 0 Å². The molecule has 2 heterocycles. The third-order valence-corrected chi connectivity index (χ3v) is 3.02. The van der Waals surface area contributed by atoms with Crippen molar-refractivity contribution < 1.29 is 9.66 Å². The van der Waals surface area contributed by atoms with Crippen LogP contribution in [0, 0.1) is 10.1 Å². The van der Waals surface area contributed by atoms with Crippen molar-refractivity contribution in [2.45, 2.75) is 0 Å². The number of hydrogen-bond acceptors (Lipinski definition) is 6. The van der Waals surface area contributed by atoms with Gasteiger partial charge in [0.1, 0.15) is 12.0 Å². The van der Waals surface area contributed by atoms with Crippen LogP contribution in [-0.2, 0) is 4.74 Å². The summed E-state index contributed by atoms with van der Waals surface area (Å²) in [5.74, 6) is 0.665. The molecule has 1 saturated heterocycles. The monoisotopic (exact) mass is 294 g/mol. The van der Waals surface area contributed by atoms with Gasteiger partial charge in [-0.25, -0.2) is 4.98 Å². The second-order valence-corrected chi connectivity index (χ2v) is 4.50. The fourth-order valence-corrected chi connectivity index (χ4v) is 1.88. The number of pyridine rings is 1. The predicted octanol–water partition coefficient (Wildman–Crippen LogP) is 0.0486. The van der Waals surface area contributed by atoms with Crippen LogP contribution in [0.2, 0.25) is 0 Å². The van der Waals surface area contributed by atoms with Crippen LogP contribution >= 0.6 is 0 Å². The van der Waals surface area contributed by atoms with Crippen molar-refractivity contribution in [2.24, 2.45) is 10.7 Å². The topological polar surface area (TPSA) is 119 Å². The Kier molecular flexibility index (Phi) is 5.41. The second-order valence-electron chi connectivity index (χ2n) is 4.50. The number of nitro groups is 1. The zero-order valence-corrected chi connectivity index (χ0v) is 11.6. The maximum atomic E-state index is 10.5. The molecule has 9 heteroatoms. The molecule has 0 bridgehead atoms. The largest absolute Gasteiger partial charge is 0.379 e. The number of rotatable bonds is 5. The highest BCUT2D eigenvalue weighted by molar-refractivity contribution is 5.91. The molecular formula is C12H18N6O3. The highest BCUT2D eigenvalue weighted by atomic mass is 16.6. The maximum absolute atomic E-state index is 10.5. The first-order chi connectivity index (χ1) is 10.1. The maximum Gasteiger partial charge on any atom is 0.287 e. The van der Waals surface area contributed by atoms with E-state index < -0.39 is 4.92 Å². The van der Waals surface area contributed by atoms with E-state index in [4.69, 9.17) is 10.5 Å². The number of morpholine rings is 1. The molecule has 1 aromatic heterocycles. The minimum atomic E-state index is -0.503. The van der Waals surface area contributed by atoms with Crippen LogP contribution in [0.3, 0.4) is 0 Å². The first-order valence-electron chi connectivity index (χ1n) is 6.62. The highest BCUT2D eigenvalue weighted by Crippen LogP contribution is 2.11. The SMILES string of the molecule is NC(=NCCN1CCOCC1)Nc1ccc([N+](=O)[O-])cn1. The second kappa shape index (κ2) is 7.50. The molecule has 0 aliphatic carbocycles. The van der Waals surface area contributed by atoms with E-state index in [0.29, 0.717) is 12.4 Å². The fourth-order valence-electron chi connectivity index (χ4n) is 1.88. The molecule has 1 aliphatic rings. The quantitative estimate of drug-likeness (QED) is 0.341. The zero-order valence-electron chi connectivity index (χ0n) is 11.6. The molecule has 1 aromatic rings. The van der Waals surface area contributed by atoms with Crippen molar-refractivity contribution >= 4 is 17.5 Å². The van der Waals surface area contributed by atoms with E-state index in [-0.39, 0.29) is 11.6 Å². The minimum Gasteiger partial charge on any atom is -0.379 e. The van der Waals surface area contributed by atoms with Crippen LogP contribution in [0.1, 0.15) is 0 Å². The molecule has 0 aromatic carbocycles. The summed E-state index contributed by atoms with van der Waals surface area (Å²) in [5, 5.41) is 13.3. The van der Waals surface area contributed by atoms with E-state index in [0.717, 1.165) is 32.8 Å². The lowest BCUT2D eigenvalue weighted by atomic mass is 10.4. The summed E-state index contributed by atoms with van der Waals surface area (Å²) in [6.07, 6.45) is 1.17. The standard InChI is InChI=1S/C12H18N6O3/c13-12(14-3-4-17-5-7-21-8-6-17)16-11-2-1-10(9-15-11)18(19)20/h1-2,9H,3-8H2,(H3,13,14,15,16). The molecule has 21 heavy (non-hydrogen) atoms. The van der Waals surface area contributed by atoms with Gasteiger partial charge in [-0.15, -0.1) is 0 Å². The lowest BCUT2D eigenvalue weighted by Crippen LogP contribution is -2.38. The molecule has 0 atom stereocenters. The molecule has 9 nitrogen and oxygen atoms in total. The van der Waals surface area contributed by atoms with Gasteiger partial charge < -0.3 is 15.8 Å². The molecule has 114 valence electrons. The van der Waals surface area contributed by atoms with Gasteiger partial charge >= 0.3 is 0 Å². The minimum absolute atomic E-state index is 0.0663. The average Bonchev–Trinajstić information content (AvgIpc) is 2.49. The molecule has 3 N–H and O–H groups in total. The molecule has 0 radical (unpaired) electrons. The number of aromatic nitrogens is 1. The van der Waals surface area contributed by atoms with Gasteiger partial charge in [0.05, 0.1) is 24.7 Å². The van der Waals surface area contributed by atoms with Crippen LogP contribution in [0.4, 0.5) is 11.5 Å². The number of ether oxygens (including phenoxy) is 1. The zero-order chi connectivity index (χ0) is 15.1. The molecule has 1 fully saturated rings. The Labute approximate surface area is 122 Å². The number of aliphatic imine (C=N–C) groups is 1. The fraction of sp³-hybridized carbons (Fsp3) is 0.500. The Hall–Kier alpha value is -2.26. The summed E-state index contributed by atoms with van der Waals surface area (Å²) in [6.45, 7) is 4.72. The smallest absolute Gasteiger partial charge is 0.287 e. The van der Waals surface area contributed by atoms with Crippen molar-refractivity contribution in [3.8, 4) is 0 Å². The van der Waals surface area contributed by atoms with Gasteiger partial charge in [-0.05, 0) is 6.07 Å². The van der Waals surface area contributed by atoms with E-state index in [2.05, 4.69) is 20.2 Å². The van der Waals surface area contributed by atoms with Gasteiger partial charge in [0, 0.05) is 25.7 Å². The van der Waals surface area contributed by atoms with E-state index in [1.54, 1.807) is 0 Å². The third kappa shape index (κ3) is 4.97. The van der Waals surface area contributed by atoms with Crippen molar-refractivity contribution in [1.82, 2.24) is 9.88 Å². The lowest BCUT2D eigenvalue weighted by Gasteiger charge is -2.25. The van der Waals surface area contributed by atoms with Crippen LogP contribution in [-0.4, -0.2) is 60.2 Å². The molecule has 1 aliphatic heterocycles. The first-order valence-corrected chi connectivity index (χ1v) is 6.62. The molecule has 0 saturated carbocycles. The normalized spacial score (nSPS) is 16.7.